The predicted octanol–water partition coefficient (Wildman–Crippen LogP) is 3.93. The van der Waals surface area contributed by atoms with Gasteiger partial charge in [-0.1, -0.05) is 30.3 Å². The Bertz CT molecular complexity index is 420. The van der Waals surface area contributed by atoms with Gasteiger partial charge in [0.15, 0.2) is 0 Å². The van der Waals surface area contributed by atoms with Crippen molar-refractivity contribution in [3.63, 3.8) is 0 Å². The molecule has 4 nitrogen and oxygen atoms in total. The number of rotatable bonds is 11. The average molecular weight is 324 g/mol. The highest BCUT2D eigenvalue weighted by molar-refractivity contribution is 6.60. The summed E-state index contributed by atoms with van der Waals surface area (Å²) in [7, 11) is -2.52. The summed E-state index contributed by atoms with van der Waals surface area (Å²) in [5, 5.41) is 0. The van der Waals surface area contributed by atoms with Crippen molar-refractivity contribution in [2.24, 2.45) is 4.99 Å². The molecule has 0 saturated carbocycles. The molecule has 0 aliphatic heterocycles. The first-order valence-corrected chi connectivity index (χ1v) is 10.1. The molecule has 1 aromatic carbocycles. The molecule has 0 atom stereocenters. The van der Waals surface area contributed by atoms with Gasteiger partial charge < -0.3 is 13.3 Å². The molecule has 0 fully saturated rings. The first-order valence-electron chi connectivity index (χ1n) is 8.15. The van der Waals surface area contributed by atoms with E-state index in [0.29, 0.717) is 19.8 Å². The Morgan fingerprint density at radius 3 is 2.00 bits per heavy atom. The molecule has 1 aromatic rings. The molecule has 0 saturated heterocycles. The Hall–Kier alpha value is -1.01. The second kappa shape index (κ2) is 10.7. The highest BCUT2D eigenvalue weighted by atomic mass is 28.4. The third-order valence-corrected chi connectivity index (χ3v) is 6.43. The van der Waals surface area contributed by atoms with Gasteiger partial charge in [-0.2, -0.15) is 0 Å². The number of hydrogen-bond donors (Lipinski definition) is 0. The molecule has 0 heterocycles. The smallest absolute Gasteiger partial charge is 0.374 e. The molecule has 0 bridgehead atoms. The summed E-state index contributed by atoms with van der Waals surface area (Å²) in [5.41, 5.74) is 2.24. The zero-order valence-electron chi connectivity index (χ0n) is 14.3. The van der Waals surface area contributed by atoms with E-state index < -0.39 is 8.80 Å². The van der Waals surface area contributed by atoms with Gasteiger partial charge in [-0.05, 0) is 39.7 Å². The molecule has 5 heteroatoms. The molecule has 0 spiro atoms. The summed E-state index contributed by atoms with van der Waals surface area (Å²) in [5.74, 6) is 0. The predicted molar refractivity (Wildman–Crippen MR) is 93.6 cm³/mol. The van der Waals surface area contributed by atoms with Gasteiger partial charge in [0.2, 0.25) is 0 Å². The molecule has 0 amide bonds. The average Bonchev–Trinajstić information content (AvgIpc) is 2.53. The van der Waals surface area contributed by atoms with Crippen molar-refractivity contribution in [2.75, 3.05) is 26.4 Å². The van der Waals surface area contributed by atoms with E-state index in [0.717, 1.165) is 24.7 Å². The topological polar surface area (TPSA) is 40.0 Å². The molecule has 0 radical (unpaired) electrons. The summed E-state index contributed by atoms with van der Waals surface area (Å²) >= 11 is 0. The largest absolute Gasteiger partial charge is 0.500 e. The van der Waals surface area contributed by atoms with Crippen LogP contribution in [0, 0.1) is 0 Å². The van der Waals surface area contributed by atoms with Crippen LogP contribution in [0.2, 0.25) is 6.04 Å². The van der Waals surface area contributed by atoms with Crippen LogP contribution in [0.25, 0.3) is 0 Å². The van der Waals surface area contributed by atoms with E-state index in [1.165, 1.54) is 5.56 Å². The van der Waals surface area contributed by atoms with Crippen LogP contribution >= 0.6 is 0 Å². The first kappa shape index (κ1) is 19.0. The lowest BCUT2D eigenvalue weighted by molar-refractivity contribution is 0.0710. The van der Waals surface area contributed by atoms with Crippen LogP contribution < -0.4 is 0 Å². The molecular weight excluding hydrogens is 294 g/mol. The Kier molecular flexibility index (Phi) is 9.23. The highest BCUT2D eigenvalue weighted by Gasteiger charge is 2.39. The Balaban J connectivity index is 2.54. The van der Waals surface area contributed by atoms with E-state index >= 15 is 0 Å². The van der Waals surface area contributed by atoms with Crippen LogP contribution in [-0.2, 0) is 13.3 Å². The summed E-state index contributed by atoms with van der Waals surface area (Å²) < 4.78 is 17.5. The highest BCUT2D eigenvalue weighted by Crippen LogP contribution is 2.18. The standard InChI is InChI=1S/C17H29NO3Si/c1-5-19-22(20-6-2,21-7-3)15-11-14-18-16(4)17-12-9-8-10-13-17/h8-10,12-13H,5-7,11,14-15H2,1-4H3. The normalized spacial score (nSPS) is 12.6. The van der Waals surface area contributed by atoms with Crippen molar-refractivity contribution in [1.82, 2.24) is 0 Å². The maximum absolute atomic E-state index is 5.85. The quantitative estimate of drug-likeness (QED) is 0.352. The lowest BCUT2D eigenvalue weighted by Gasteiger charge is -2.28. The van der Waals surface area contributed by atoms with Crippen molar-refractivity contribution in [2.45, 2.75) is 40.2 Å². The molecule has 0 aliphatic rings. The maximum atomic E-state index is 5.85. The van der Waals surface area contributed by atoms with E-state index in [4.69, 9.17) is 13.3 Å². The third-order valence-electron chi connectivity index (χ3n) is 3.27. The molecule has 1 rings (SSSR count). The van der Waals surface area contributed by atoms with Gasteiger partial charge >= 0.3 is 8.80 Å². The van der Waals surface area contributed by atoms with Gasteiger partial charge in [0.05, 0.1) is 0 Å². The van der Waals surface area contributed by atoms with Crippen molar-refractivity contribution < 1.29 is 13.3 Å². The number of benzene rings is 1. The third kappa shape index (κ3) is 6.40. The van der Waals surface area contributed by atoms with Crippen LogP contribution in [0.4, 0.5) is 0 Å². The fourth-order valence-electron chi connectivity index (χ4n) is 2.31. The zero-order valence-corrected chi connectivity index (χ0v) is 15.3. The van der Waals surface area contributed by atoms with Crippen LogP contribution in [0.5, 0.6) is 0 Å². The van der Waals surface area contributed by atoms with Gasteiger partial charge in [-0.15, -0.1) is 0 Å². The van der Waals surface area contributed by atoms with Crippen molar-refractivity contribution in [3.8, 4) is 0 Å². The maximum Gasteiger partial charge on any atom is 0.500 e. The Morgan fingerprint density at radius 2 is 1.50 bits per heavy atom. The van der Waals surface area contributed by atoms with Crippen molar-refractivity contribution in [1.29, 1.82) is 0 Å². The van der Waals surface area contributed by atoms with E-state index in [-0.39, 0.29) is 0 Å². The number of nitrogens with zero attached hydrogens (tertiary/aromatic N) is 1. The van der Waals surface area contributed by atoms with Crippen LogP contribution in [0.1, 0.15) is 39.7 Å². The molecule has 22 heavy (non-hydrogen) atoms. The molecular formula is C17H29NO3Si. The molecule has 0 unspecified atom stereocenters. The zero-order chi connectivity index (χ0) is 16.3. The molecule has 0 aromatic heterocycles. The van der Waals surface area contributed by atoms with Crippen molar-refractivity contribution >= 4 is 14.5 Å². The lowest BCUT2D eigenvalue weighted by atomic mass is 10.1. The lowest BCUT2D eigenvalue weighted by Crippen LogP contribution is -2.46. The first-order chi connectivity index (χ1) is 10.7. The number of hydrogen-bond acceptors (Lipinski definition) is 4. The van der Waals surface area contributed by atoms with E-state index in [2.05, 4.69) is 17.1 Å². The Morgan fingerprint density at radius 1 is 0.955 bits per heavy atom. The van der Waals surface area contributed by atoms with Crippen LogP contribution in [-0.4, -0.2) is 40.9 Å². The Labute approximate surface area is 135 Å². The van der Waals surface area contributed by atoms with E-state index in [9.17, 15) is 0 Å². The SMILES string of the molecule is CCO[Si](CCCN=C(C)c1ccccc1)(OCC)OCC. The monoisotopic (exact) mass is 323 g/mol. The minimum atomic E-state index is -2.52. The summed E-state index contributed by atoms with van der Waals surface area (Å²) in [4.78, 5) is 4.65. The van der Waals surface area contributed by atoms with Crippen LogP contribution in [0.15, 0.2) is 35.3 Å². The molecule has 0 N–H and O–H groups in total. The summed E-state index contributed by atoms with van der Waals surface area (Å²) in [6, 6.07) is 11.1. The van der Waals surface area contributed by atoms with E-state index in [1.54, 1.807) is 0 Å². The molecule has 0 aliphatic carbocycles. The van der Waals surface area contributed by atoms with E-state index in [1.807, 2.05) is 45.9 Å². The van der Waals surface area contributed by atoms with Crippen molar-refractivity contribution in [3.05, 3.63) is 35.9 Å². The minimum absolute atomic E-state index is 0.624. The van der Waals surface area contributed by atoms with Gasteiger partial charge in [-0.25, -0.2) is 0 Å². The summed E-state index contributed by atoms with van der Waals surface area (Å²) in [6.07, 6.45) is 0.913. The number of aliphatic imine (C=N–C) groups is 1. The summed E-state index contributed by atoms with van der Waals surface area (Å²) in [6.45, 7) is 10.6. The van der Waals surface area contributed by atoms with Gasteiger partial charge in [0.25, 0.3) is 0 Å². The molecule has 124 valence electrons. The fourth-order valence-corrected chi connectivity index (χ4v) is 4.91. The van der Waals surface area contributed by atoms with Gasteiger partial charge in [0, 0.05) is 38.1 Å². The minimum Gasteiger partial charge on any atom is -0.374 e. The second-order valence-electron chi connectivity index (χ2n) is 4.92. The van der Waals surface area contributed by atoms with Gasteiger partial charge in [0.1, 0.15) is 0 Å². The fraction of sp³-hybridized carbons (Fsp3) is 0.588. The van der Waals surface area contributed by atoms with Gasteiger partial charge in [-0.3, -0.25) is 4.99 Å². The van der Waals surface area contributed by atoms with Crippen LogP contribution in [0.3, 0.4) is 0 Å². The second-order valence-corrected chi connectivity index (χ2v) is 7.65.